The Labute approximate surface area is 243 Å². The first kappa shape index (κ1) is 29.0. The lowest BCUT2D eigenvalue weighted by Gasteiger charge is -2.29. The standard InChI is InChI=1S/C32H33N3O7/c1-22-19-26(42-21-23-7-3-2-4-8-23)11-12-27(22)30(36)28-29(24-9-5-10-25(20-24)35(39)40)34(32(38)31(28)37)14-6-13-33-15-17-41-18-16-33/h2-5,7-12,19-20,29,36H,6,13-18,21H2,1H3/t29-/m0/s1. The number of Topliss-reactive ketones (excluding diaryl/α,β-unsaturated/α-hetero) is 1. The van der Waals surface area contributed by atoms with E-state index in [0.717, 1.165) is 18.7 Å². The summed E-state index contributed by atoms with van der Waals surface area (Å²) in [4.78, 5) is 41.5. The van der Waals surface area contributed by atoms with Crippen LogP contribution in [-0.2, 0) is 20.9 Å². The number of nitro groups is 1. The number of morpholine rings is 1. The molecule has 5 rings (SSSR count). The van der Waals surface area contributed by atoms with E-state index in [9.17, 15) is 24.8 Å². The largest absolute Gasteiger partial charge is 0.507 e. The highest BCUT2D eigenvalue weighted by Gasteiger charge is 2.46. The molecule has 10 nitrogen and oxygen atoms in total. The molecule has 0 saturated carbocycles. The molecule has 2 fully saturated rings. The molecule has 42 heavy (non-hydrogen) atoms. The molecule has 10 heteroatoms. The van der Waals surface area contributed by atoms with Gasteiger partial charge in [-0.05, 0) is 48.2 Å². The van der Waals surface area contributed by atoms with Gasteiger partial charge < -0.3 is 19.5 Å². The zero-order valence-electron chi connectivity index (χ0n) is 23.4. The Morgan fingerprint density at radius 1 is 1.02 bits per heavy atom. The highest BCUT2D eigenvalue weighted by atomic mass is 16.6. The Morgan fingerprint density at radius 3 is 2.50 bits per heavy atom. The fourth-order valence-corrected chi connectivity index (χ4v) is 5.43. The summed E-state index contributed by atoms with van der Waals surface area (Å²) < 4.78 is 11.3. The van der Waals surface area contributed by atoms with Gasteiger partial charge in [-0.1, -0.05) is 42.5 Å². The van der Waals surface area contributed by atoms with Crippen molar-refractivity contribution in [2.75, 3.05) is 39.4 Å². The van der Waals surface area contributed by atoms with E-state index in [1.807, 2.05) is 30.3 Å². The van der Waals surface area contributed by atoms with E-state index in [2.05, 4.69) is 4.90 Å². The monoisotopic (exact) mass is 571 g/mol. The smallest absolute Gasteiger partial charge is 0.295 e. The number of carbonyl (C=O) groups is 2. The Balaban J connectivity index is 1.46. The highest BCUT2D eigenvalue weighted by molar-refractivity contribution is 6.46. The SMILES string of the molecule is Cc1cc(OCc2ccccc2)ccc1C(O)=C1C(=O)C(=O)N(CCCN2CCOCC2)[C@H]1c1cccc([N+](=O)[O-])c1. The average Bonchev–Trinajstić information content (AvgIpc) is 3.26. The Morgan fingerprint density at radius 2 is 1.79 bits per heavy atom. The van der Waals surface area contributed by atoms with Crippen molar-refractivity contribution in [2.24, 2.45) is 0 Å². The Kier molecular flexibility index (Phi) is 8.94. The van der Waals surface area contributed by atoms with Crippen molar-refractivity contribution in [1.82, 2.24) is 9.80 Å². The first-order valence-electron chi connectivity index (χ1n) is 13.9. The van der Waals surface area contributed by atoms with Gasteiger partial charge in [-0.15, -0.1) is 0 Å². The molecule has 2 aliphatic rings. The van der Waals surface area contributed by atoms with Crippen LogP contribution in [0.25, 0.3) is 5.76 Å². The third-order valence-corrected chi connectivity index (χ3v) is 7.62. The molecule has 1 amide bonds. The molecule has 1 N–H and O–H groups in total. The molecule has 0 aliphatic carbocycles. The number of aliphatic hydroxyl groups excluding tert-OH is 1. The minimum atomic E-state index is -0.969. The van der Waals surface area contributed by atoms with Gasteiger partial charge in [0.1, 0.15) is 18.1 Å². The number of amides is 1. The fourth-order valence-electron chi connectivity index (χ4n) is 5.43. The number of aryl methyl sites for hydroxylation is 1. The van der Waals surface area contributed by atoms with E-state index < -0.39 is 22.7 Å². The van der Waals surface area contributed by atoms with Crippen LogP contribution in [0.2, 0.25) is 0 Å². The van der Waals surface area contributed by atoms with E-state index in [0.29, 0.717) is 55.2 Å². The maximum absolute atomic E-state index is 13.4. The Bertz CT molecular complexity index is 1500. The van der Waals surface area contributed by atoms with Crippen molar-refractivity contribution >= 4 is 23.1 Å². The predicted octanol–water partition coefficient (Wildman–Crippen LogP) is 4.63. The van der Waals surface area contributed by atoms with Gasteiger partial charge >= 0.3 is 0 Å². The van der Waals surface area contributed by atoms with Crippen molar-refractivity contribution in [3.05, 3.63) is 111 Å². The number of benzene rings is 3. The number of hydrogen-bond donors (Lipinski definition) is 1. The summed E-state index contributed by atoms with van der Waals surface area (Å²) in [5.74, 6) is -1.30. The zero-order chi connectivity index (χ0) is 29.6. The van der Waals surface area contributed by atoms with Crippen LogP contribution in [0.4, 0.5) is 5.69 Å². The minimum Gasteiger partial charge on any atom is -0.507 e. The average molecular weight is 572 g/mol. The summed E-state index contributed by atoms with van der Waals surface area (Å²) in [5, 5.41) is 23.1. The summed E-state index contributed by atoms with van der Waals surface area (Å²) in [6.07, 6.45) is 0.588. The number of carbonyl (C=O) groups excluding carboxylic acids is 2. The molecule has 3 aromatic rings. The van der Waals surface area contributed by atoms with E-state index >= 15 is 0 Å². The van der Waals surface area contributed by atoms with E-state index in [4.69, 9.17) is 9.47 Å². The number of ketones is 1. The lowest BCUT2D eigenvalue weighted by Crippen LogP contribution is -2.39. The third-order valence-electron chi connectivity index (χ3n) is 7.62. The maximum atomic E-state index is 13.4. The van der Waals surface area contributed by atoms with Gasteiger partial charge in [-0.3, -0.25) is 24.6 Å². The second-order valence-corrected chi connectivity index (χ2v) is 10.4. The molecule has 0 radical (unpaired) electrons. The quantitative estimate of drug-likeness (QED) is 0.123. The molecule has 0 spiro atoms. The normalized spacial score (nSPS) is 18.8. The third kappa shape index (κ3) is 6.35. The summed E-state index contributed by atoms with van der Waals surface area (Å²) in [5.41, 5.74) is 2.16. The van der Waals surface area contributed by atoms with Crippen LogP contribution < -0.4 is 4.74 Å². The van der Waals surface area contributed by atoms with Crippen molar-refractivity contribution in [3.63, 3.8) is 0 Å². The van der Waals surface area contributed by atoms with Crippen molar-refractivity contribution in [1.29, 1.82) is 0 Å². The lowest BCUT2D eigenvalue weighted by atomic mass is 9.93. The van der Waals surface area contributed by atoms with Crippen molar-refractivity contribution in [2.45, 2.75) is 26.0 Å². The van der Waals surface area contributed by atoms with Crippen LogP contribution in [0.15, 0.2) is 78.4 Å². The maximum Gasteiger partial charge on any atom is 0.295 e. The number of aliphatic hydroxyl groups is 1. The van der Waals surface area contributed by atoms with E-state index in [1.54, 1.807) is 31.2 Å². The van der Waals surface area contributed by atoms with Gasteiger partial charge in [0, 0.05) is 43.9 Å². The number of rotatable bonds is 10. The molecule has 3 aromatic carbocycles. The number of hydrogen-bond acceptors (Lipinski definition) is 8. The first-order valence-corrected chi connectivity index (χ1v) is 13.9. The zero-order valence-corrected chi connectivity index (χ0v) is 23.4. The predicted molar refractivity (Wildman–Crippen MR) is 156 cm³/mol. The van der Waals surface area contributed by atoms with Gasteiger partial charge in [0.05, 0.1) is 29.8 Å². The Hall–Kier alpha value is -4.54. The molecular weight excluding hydrogens is 538 g/mol. The van der Waals surface area contributed by atoms with Gasteiger partial charge in [-0.2, -0.15) is 0 Å². The van der Waals surface area contributed by atoms with Gasteiger partial charge in [0.25, 0.3) is 17.4 Å². The topological polar surface area (TPSA) is 122 Å². The summed E-state index contributed by atoms with van der Waals surface area (Å²) in [7, 11) is 0. The molecular formula is C32H33N3O7. The van der Waals surface area contributed by atoms with Crippen molar-refractivity contribution < 1.29 is 29.1 Å². The van der Waals surface area contributed by atoms with Crippen LogP contribution in [0.5, 0.6) is 5.75 Å². The second kappa shape index (κ2) is 13.0. The number of non-ortho nitro benzene ring substituents is 1. The van der Waals surface area contributed by atoms with Crippen molar-refractivity contribution in [3.8, 4) is 5.75 Å². The number of ether oxygens (including phenoxy) is 2. The highest BCUT2D eigenvalue weighted by Crippen LogP contribution is 2.41. The molecule has 2 heterocycles. The number of likely N-dealkylation sites (tertiary alicyclic amines) is 1. The molecule has 2 aliphatic heterocycles. The lowest BCUT2D eigenvalue weighted by molar-refractivity contribution is -0.384. The molecule has 0 aromatic heterocycles. The van der Waals surface area contributed by atoms with E-state index in [1.165, 1.54) is 23.1 Å². The van der Waals surface area contributed by atoms with Crippen LogP contribution >= 0.6 is 0 Å². The summed E-state index contributed by atoms with van der Waals surface area (Å²) in [6, 6.07) is 19.7. The summed E-state index contributed by atoms with van der Waals surface area (Å²) >= 11 is 0. The van der Waals surface area contributed by atoms with Gasteiger partial charge in [0.15, 0.2) is 0 Å². The molecule has 0 bridgehead atoms. The fraction of sp³-hybridized carbons (Fsp3) is 0.312. The first-order chi connectivity index (χ1) is 20.3. The van der Waals surface area contributed by atoms with E-state index in [-0.39, 0.29) is 23.6 Å². The molecule has 2 saturated heterocycles. The number of nitro benzene ring substituents is 1. The van der Waals surface area contributed by atoms with Crippen LogP contribution in [-0.4, -0.2) is 70.9 Å². The summed E-state index contributed by atoms with van der Waals surface area (Å²) in [6.45, 7) is 5.98. The van der Waals surface area contributed by atoms with Gasteiger partial charge in [-0.25, -0.2) is 0 Å². The van der Waals surface area contributed by atoms with Crippen LogP contribution in [0, 0.1) is 17.0 Å². The second-order valence-electron chi connectivity index (χ2n) is 10.4. The molecule has 0 unspecified atom stereocenters. The minimum absolute atomic E-state index is 0.0899. The van der Waals surface area contributed by atoms with Crippen LogP contribution in [0.1, 0.15) is 34.7 Å². The van der Waals surface area contributed by atoms with Gasteiger partial charge in [0.2, 0.25) is 0 Å². The molecule has 1 atom stereocenters. The molecule has 218 valence electrons. The van der Waals surface area contributed by atoms with Crippen LogP contribution in [0.3, 0.4) is 0 Å². The number of nitrogens with zero attached hydrogens (tertiary/aromatic N) is 3.